The maximum atomic E-state index is 3.65. The molecule has 0 aliphatic heterocycles. The van der Waals surface area contributed by atoms with Crippen LogP contribution in [0.2, 0.25) is 0 Å². The van der Waals surface area contributed by atoms with E-state index in [2.05, 4.69) is 58.2 Å². The standard InChI is InChI=1S/C6H11Br2N.C6H8N2.Pt/c7-9(8)6-4-2-1-3-5-6;1-3-8-5-4-7(2)6-8;/h6H,1-5H2;3-5H,1H2,2H3;. The second-order valence-corrected chi connectivity index (χ2v) is 7.79. The van der Waals surface area contributed by atoms with E-state index in [1.54, 1.807) is 6.20 Å². The quantitative estimate of drug-likeness (QED) is 0.494. The number of aryl methyl sites for hydroxylation is 1. The van der Waals surface area contributed by atoms with E-state index in [1.807, 2.05) is 31.5 Å². The zero-order valence-corrected chi connectivity index (χ0v) is 15.9. The van der Waals surface area contributed by atoms with Crippen LogP contribution in [0, 0.1) is 3.80 Å². The summed E-state index contributed by atoms with van der Waals surface area (Å²) in [5.41, 5.74) is 0. The molecule has 3 nitrogen and oxygen atoms in total. The average Bonchev–Trinajstić information content (AvgIpc) is 2.71. The molecule has 1 fully saturated rings. The molecule has 1 aromatic rings. The molecule has 0 N–H and O–H groups in total. The summed E-state index contributed by atoms with van der Waals surface area (Å²) in [7, 11) is 2.00. The van der Waals surface area contributed by atoms with Gasteiger partial charge in [0.1, 0.15) is 0 Å². The summed E-state index contributed by atoms with van der Waals surface area (Å²) in [6.45, 7) is 3.65. The van der Waals surface area contributed by atoms with Crippen LogP contribution in [0.4, 0.5) is 0 Å². The predicted molar refractivity (Wildman–Crippen MR) is 79.6 cm³/mol. The summed E-state index contributed by atoms with van der Waals surface area (Å²) in [5, 5.41) is 0. The van der Waals surface area contributed by atoms with Gasteiger partial charge < -0.3 is 0 Å². The van der Waals surface area contributed by atoms with Crippen molar-refractivity contribution in [1.82, 2.24) is 12.1 Å². The third-order valence-corrected chi connectivity index (χ3v) is 5.51. The van der Waals surface area contributed by atoms with Crippen molar-refractivity contribution < 1.29 is 19.4 Å². The van der Waals surface area contributed by atoms with Crippen LogP contribution in [0.5, 0.6) is 0 Å². The molecule has 1 saturated carbocycles. The summed E-state index contributed by atoms with van der Waals surface area (Å²) in [6, 6.07) is 0.721. The maximum absolute atomic E-state index is 3.65. The molecule has 106 valence electrons. The van der Waals surface area contributed by atoms with E-state index in [0.29, 0.717) is 0 Å². The Hall–Kier alpha value is 0.558. The molecule has 1 aliphatic carbocycles. The normalized spacial score (nSPS) is 16.3. The number of aromatic nitrogens is 2. The van der Waals surface area contributed by atoms with E-state index >= 15 is 0 Å². The molecular formula is C12H19Br2N3Pt. The third kappa shape index (κ3) is 5.28. The molecule has 6 heteroatoms. The van der Waals surface area contributed by atoms with Crippen molar-refractivity contribution in [2.24, 2.45) is 7.05 Å². The van der Waals surface area contributed by atoms with Crippen LogP contribution in [0.3, 0.4) is 0 Å². The molecule has 0 radical (unpaired) electrons. The molecular weight excluding hydrogens is 541 g/mol. The van der Waals surface area contributed by atoms with E-state index in [4.69, 9.17) is 0 Å². The van der Waals surface area contributed by atoms with E-state index < -0.39 is 0 Å². The van der Waals surface area contributed by atoms with Gasteiger partial charge in [0, 0.05) is 38.3 Å². The second kappa shape index (κ2) is 8.67. The van der Waals surface area contributed by atoms with Crippen molar-refractivity contribution in [3.05, 3.63) is 22.8 Å². The Labute approximate surface area is 137 Å². The number of imidazole rings is 1. The Morgan fingerprint density at radius 3 is 2.22 bits per heavy atom. The molecule has 1 aliphatic rings. The van der Waals surface area contributed by atoms with Crippen molar-refractivity contribution >= 4 is 38.5 Å². The second-order valence-electron chi connectivity index (χ2n) is 4.29. The van der Waals surface area contributed by atoms with Crippen LogP contribution in [0.15, 0.2) is 19.0 Å². The van der Waals surface area contributed by atoms with Crippen molar-refractivity contribution in [3.8, 4) is 0 Å². The number of hydrogen-bond acceptors (Lipinski definition) is 1. The van der Waals surface area contributed by atoms with Gasteiger partial charge in [0.15, 0.2) is 0 Å². The van der Waals surface area contributed by atoms with Gasteiger partial charge >= 0.3 is 64.5 Å². The van der Waals surface area contributed by atoms with Crippen molar-refractivity contribution in [3.63, 3.8) is 0 Å². The molecule has 2 rings (SSSR count). The van der Waals surface area contributed by atoms with Crippen molar-refractivity contribution in [2.45, 2.75) is 38.1 Å². The molecule has 0 spiro atoms. The number of nitrogens with zero attached hydrogens (tertiary/aromatic N) is 3. The van der Waals surface area contributed by atoms with Gasteiger partial charge in [-0.25, -0.2) is 0 Å². The summed E-state index contributed by atoms with van der Waals surface area (Å²) >= 11 is 9.01. The van der Waals surface area contributed by atoms with Crippen LogP contribution in [-0.2, 0) is 26.4 Å². The first kappa shape index (κ1) is 16.6. The van der Waals surface area contributed by atoms with Gasteiger partial charge in [0.2, 0.25) is 0 Å². The molecule has 0 saturated heterocycles. The number of rotatable bonds is 2. The fraction of sp³-hybridized carbons (Fsp3) is 0.583. The third-order valence-electron chi connectivity index (χ3n) is 2.96. The van der Waals surface area contributed by atoms with Gasteiger partial charge in [-0.1, -0.05) is 19.3 Å². The van der Waals surface area contributed by atoms with E-state index in [9.17, 15) is 0 Å². The SMILES string of the molecule is BrN(Br)C1CCCCC1.C=Cn1ccn(C)[c]1=[Pt]. The molecule has 0 unspecified atom stereocenters. The van der Waals surface area contributed by atoms with Gasteiger partial charge in [-0.05, 0) is 12.8 Å². The Morgan fingerprint density at radius 2 is 1.94 bits per heavy atom. The first-order chi connectivity index (χ1) is 8.56. The Bertz CT molecular complexity index is 419. The van der Waals surface area contributed by atoms with E-state index in [0.717, 1.165) is 9.85 Å². The Kier molecular flexibility index (Phi) is 8.01. The van der Waals surface area contributed by atoms with Crippen LogP contribution in [-0.4, -0.2) is 18.1 Å². The van der Waals surface area contributed by atoms with Crippen LogP contribution in [0.25, 0.3) is 6.20 Å². The van der Waals surface area contributed by atoms with Gasteiger partial charge in [0.05, 0.1) is 0 Å². The molecule has 0 atom stereocenters. The van der Waals surface area contributed by atoms with Gasteiger partial charge in [-0.2, -0.15) is 2.95 Å². The molecule has 1 aromatic heterocycles. The zero-order chi connectivity index (χ0) is 13.5. The van der Waals surface area contributed by atoms with Crippen molar-refractivity contribution in [1.29, 1.82) is 0 Å². The minimum absolute atomic E-state index is 0.721. The van der Waals surface area contributed by atoms with E-state index in [-0.39, 0.29) is 0 Å². The molecule has 0 amide bonds. The first-order valence-electron chi connectivity index (χ1n) is 5.98. The van der Waals surface area contributed by atoms with Gasteiger partial charge in [-0.3, -0.25) is 0 Å². The summed E-state index contributed by atoms with van der Waals surface area (Å²) in [5.74, 6) is 0. The first-order valence-corrected chi connectivity index (χ1v) is 8.54. The Balaban J connectivity index is 0.000000180. The zero-order valence-electron chi connectivity index (χ0n) is 10.5. The fourth-order valence-corrected chi connectivity index (χ4v) is 3.24. The number of hydrogen-bond donors (Lipinski definition) is 0. The molecule has 1 heterocycles. The van der Waals surface area contributed by atoms with E-state index in [1.165, 1.54) is 32.1 Å². The van der Waals surface area contributed by atoms with Crippen molar-refractivity contribution in [2.75, 3.05) is 0 Å². The summed E-state index contributed by atoms with van der Waals surface area (Å²) in [6.07, 6.45) is 12.6. The summed E-state index contributed by atoms with van der Waals surface area (Å²) in [4.78, 5) is 0. The summed E-state index contributed by atoms with van der Waals surface area (Å²) < 4.78 is 7.13. The fourth-order valence-electron chi connectivity index (χ4n) is 1.87. The average molecular weight is 560 g/mol. The van der Waals surface area contributed by atoms with Crippen LogP contribution in [0.1, 0.15) is 32.1 Å². The number of halogens is 2. The van der Waals surface area contributed by atoms with Gasteiger partial charge in [0.25, 0.3) is 0 Å². The van der Waals surface area contributed by atoms with Crippen LogP contribution < -0.4 is 0 Å². The van der Waals surface area contributed by atoms with Gasteiger partial charge in [-0.15, -0.1) is 0 Å². The topological polar surface area (TPSA) is 13.1 Å². The molecule has 0 bridgehead atoms. The monoisotopic (exact) mass is 558 g/mol. The minimum atomic E-state index is 0.721. The molecule has 0 aromatic carbocycles. The predicted octanol–water partition coefficient (Wildman–Crippen LogP) is 4.25. The molecule has 18 heavy (non-hydrogen) atoms. The Morgan fingerprint density at radius 1 is 1.33 bits per heavy atom. The van der Waals surface area contributed by atoms with Crippen LogP contribution >= 0.6 is 32.3 Å².